The monoisotopic (exact) mass is 416 g/mol. The van der Waals surface area contributed by atoms with Crippen LogP contribution in [0.25, 0.3) is 28.1 Å². The van der Waals surface area contributed by atoms with Crippen molar-refractivity contribution in [1.82, 2.24) is 15.0 Å². The van der Waals surface area contributed by atoms with Gasteiger partial charge in [0.1, 0.15) is 17.2 Å². The zero-order valence-corrected chi connectivity index (χ0v) is 16.8. The molecule has 1 aromatic carbocycles. The number of carboxylic acids is 1. The minimum atomic E-state index is -5.19. The number of imidazole rings is 1. The number of aryl methyl sites for hydroxylation is 4. The van der Waals surface area contributed by atoms with Crippen molar-refractivity contribution in [3.8, 4) is 11.4 Å². The molecule has 3 aromatic heterocycles. The SMILES string of the molecule is Cc1cc(C)nc(-c2c(C)cc(C)[n+]3c2[nH]c2ccccc23)n1.O=C([O-])C(F)(F)F. The highest BCUT2D eigenvalue weighted by atomic mass is 19.4. The van der Waals surface area contributed by atoms with E-state index in [0.29, 0.717) is 0 Å². The molecule has 0 amide bonds. The first-order chi connectivity index (χ1) is 14.0. The number of nitrogens with one attached hydrogen (secondary N) is 1. The maximum Gasteiger partial charge on any atom is 0.430 e. The average Bonchev–Trinajstić information content (AvgIpc) is 3.00. The molecular formula is C21H19F3N4O2. The second kappa shape index (κ2) is 7.74. The lowest BCUT2D eigenvalue weighted by atomic mass is 10.1. The van der Waals surface area contributed by atoms with Gasteiger partial charge in [-0.25, -0.2) is 15.0 Å². The van der Waals surface area contributed by atoms with E-state index in [4.69, 9.17) is 9.90 Å². The van der Waals surface area contributed by atoms with E-state index >= 15 is 0 Å². The predicted octanol–water partition coefficient (Wildman–Crippen LogP) is 2.90. The van der Waals surface area contributed by atoms with Crippen LogP contribution >= 0.6 is 0 Å². The molecule has 1 N–H and O–H groups in total. The van der Waals surface area contributed by atoms with Crippen molar-refractivity contribution in [2.75, 3.05) is 0 Å². The zero-order chi connectivity index (χ0) is 22.2. The third-order valence-electron chi connectivity index (χ3n) is 4.47. The fourth-order valence-corrected chi connectivity index (χ4v) is 3.38. The van der Waals surface area contributed by atoms with Crippen LogP contribution in [0.3, 0.4) is 0 Å². The lowest BCUT2D eigenvalue weighted by Gasteiger charge is -2.07. The number of carbonyl (C=O) groups is 1. The number of carbonyl (C=O) groups excluding carboxylic acids is 1. The quantitative estimate of drug-likeness (QED) is 0.484. The largest absolute Gasteiger partial charge is 0.542 e. The number of hydrogen-bond acceptors (Lipinski definition) is 4. The molecule has 4 rings (SSSR count). The van der Waals surface area contributed by atoms with E-state index in [-0.39, 0.29) is 0 Å². The highest BCUT2D eigenvalue weighted by Gasteiger charge is 2.28. The van der Waals surface area contributed by atoms with Gasteiger partial charge in [-0.05, 0) is 57.5 Å². The summed E-state index contributed by atoms with van der Waals surface area (Å²) in [5.74, 6) is -2.23. The number of fused-ring (bicyclic) bond motifs is 3. The summed E-state index contributed by atoms with van der Waals surface area (Å²) in [6, 6.07) is 12.5. The number of benzene rings is 1. The van der Waals surface area contributed by atoms with Crippen LogP contribution in [0.4, 0.5) is 13.2 Å². The van der Waals surface area contributed by atoms with Gasteiger partial charge in [0.25, 0.3) is 5.65 Å². The highest BCUT2D eigenvalue weighted by Crippen LogP contribution is 2.26. The fraction of sp³-hybridized carbons (Fsp3) is 0.238. The molecule has 3 heterocycles. The van der Waals surface area contributed by atoms with Crippen LogP contribution in [-0.4, -0.2) is 27.1 Å². The van der Waals surface area contributed by atoms with E-state index in [1.807, 2.05) is 26.0 Å². The molecule has 0 radical (unpaired) electrons. The number of halogens is 3. The van der Waals surface area contributed by atoms with Crippen molar-refractivity contribution < 1.29 is 27.5 Å². The Balaban J connectivity index is 0.000000318. The summed E-state index contributed by atoms with van der Waals surface area (Å²) in [7, 11) is 0. The Morgan fingerprint density at radius 1 is 1.03 bits per heavy atom. The van der Waals surface area contributed by atoms with Crippen LogP contribution in [-0.2, 0) is 4.79 Å². The van der Waals surface area contributed by atoms with E-state index in [2.05, 4.69) is 57.5 Å². The first-order valence-corrected chi connectivity index (χ1v) is 9.02. The standard InChI is InChI=1S/C19H18N4.C2HF3O2/c1-11-9-14(4)23-16-8-6-5-7-15(16)22-19(23)17(11)18-20-12(2)10-13(3)21-18;3-2(4,5)1(6)7/h5-10H,1-4H3;(H,6,7). The van der Waals surface area contributed by atoms with Gasteiger partial charge in [-0.1, -0.05) is 12.1 Å². The van der Waals surface area contributed by atoms with Crippen LogP contribution in [0.5, 0.6) is 0 Å². The van der Waals surface area contributed by atoms with E-state index in [0.717, 1.165) is 33.9 Å². The molecular weight excluding hydrogens is 397 g/mol. The molecule has 156 valence electrons. The maximum atomic E-state index is 10.5. The van der Waals surface area contributed by atoms with Gasteiger partial charge in [0.15, 0.2) is 16.9 Å². The molecule has 30 heavy (non-hydrogen) atoms. The Hall–Kier alpha value is -3.49. The van der Waals surface area contributed by atoms with Crippen LogP contribution in [0.2, 0.25) is 0 Å². The topological polar surface area (TPSA) is 85.8 Å². The van der Waals surface area contributed by atoms with Crippen molar-refractivity contribution in [1.29, 1.82) is 0 Å². The number of carboxylic acid groups (broad SMARTS) is 1. The van der Waals surface area contributed by atoms with Gasteiger partial charge in [0.2, 0.25) is 0 Å². The molecule has 0 saturated carbocycles. The van der Waals surface area contributed by atoms with Crippen molar-refractivity contribution in [3.63, 3.8) is 0 Å². The zero-order valence-electron chi connectivity index (χ0n) is 16.8. The minimum Gasteiger partial charge on any atom is -0.542 e. The highest BCUT2D eigenvalue weighted by molar-refractivity contribution is 5.81. The predicted molar refractivity (Wildman–Crippen MR) is 102 cm³/mol. The normalized spacial score (nSPS) is 11.4. The summed E-state index contributed by atoms with van der Waals surface area (Å²) >= 11 is 0. The van der Waals surface area contributed by atoms with E-state index in [9.17, 15) is 13.2 Å². The summed E-state index contributed by atoms with van der Waals surface area (Å²) in [6.45, 7) is 8.27. The number of aromatic nitrogens is 4. The van der Waals surface area contributed by atoms with E-state index < -0.39 is 12.1 Å². The molecule has 0 fully saturated rings. The van der Waals surface area contributed by atoms with E-state index in [1.165, 1.54) is 16.8 Å². The minimum absolute atomic E-state index is 0.782. The fourth-order valence-electron chi connectivity index (χ4n) is 3.38. The van der Waals surface area contributed by atoms with Gasteiger partial charge in [-0.3, -0.25) is 0 Å². The Morgan fingerprint density at radius 2 is 1.60 bits per heavy atom. The van der Waals surface area contributed by atoms with Crippen LogP contribution in [0.15, 0.2) is 36.4 Å². The molecule has 4 aromatic rings. The van der Waals surface area contributed by atoms with Crippen molar-refractivity contribution in [3.05, 3.63) is 59.0 Å². The number of para-hydroxylation sites is 2. The average molecular weight is 416 g/mol. The van der Waals surface area contributed by atoms with Crippen molar-refractivity contribution in [2.24, 2.45) is 0 Å². The summed E-state index contributed by atoms with van der Waals surface area (Å²) in [4.78, 5) is 21.7. The molecule has 0 spiro atoms. The lowest BCUT2D eigenvalue weighted by molar-refractivity contribution is -0.488. The van der Waals surface area contributed by atoms with E-state index in [1.54, 1.807) is 0 Å². The van der Waals surface area contributed by atoms with Crippen LogP contribution in [0.1, 0.15) is 22.6 Å². The molecule has 0 unspecified atom stereocenters. The summed E-state index contributed by atoms with van der Waals surface area (Å²) < 4.78 is 33.8. The first kappa shape index (κ1) is 21.2. The molecule has 9 heteroatoms. The molecule has 6 nitrogen and oxygen atoms in total. The lowest BCUT2D eigenvalue weighted by Crippen LogP contribution is -2.37. The number of alkyl halides is 3. The third-order valence-corrected chi connectivity index (χ3v) is 4.47. The van der Waals surface area contributed by atoms with Gasteiger partial charge >= 0.3 is 6.18 Å². The number of rotatable bonds is 1. The van der Waals surface area contributed by atoms with Gasteiger partial charge in [-0.2, -0.15) is 17.6 Å². The summed E-state index contributed by atoms with van der Waals surface area (Å²) in [5.41, 5.74) is 8.76. The smallest absolute Gasteiger partial charge is 0.430 e. The molecule has 0 aliphatic rings. The third kappa shape index (κ3) is 4.10. The van der Waals surface area contributed by atoms with Crippen LogP contribution < -0.4 is 9.51 Å². The molecule has 0 atom stereocenters. The second-order valence-corrected chi connectivity index (χ2v) is 6.93. The first-order valence-electron chi connectivity index (χ1n) is 9.02. The Kier molecular flexibility index (Phi) is 5.47. The molecule has 0 aliphatic heterocycles. The van der Waals surface area contributed by atoms with Gasteiger partial charge in [-0.15, -0.1) is 0 Å². The molecule has 0 bridgehead atoms. The second-order valence-electron chi connectivity index (χ2n) is 6.93. The molecule has 0 saturated heterocycles. The number of pyridine rings is 1. The number of aromatic amines is 1. The molecule has 0 aliphatic carbocycles. The van der Waals surface area contributed by atoms with Crippen LogP contribution in [0, 0.1) is 27.7 Å². The number of H-pyrrole nitrogens is 1. The number of nitrogens with zero attached hydrogens (tertiary/aromatic N) is 3. The maximum absolute atomic E-state index is 10.5. The Labute approximate surface area is 170 Å². The number of aliphatic carboxylic acids is 1. The van der Waals surface area contributed by atoms with Gasteiger partial charge in [0, 0.05) is 11.4 Å². The Morgan fingerprint density at radius 3 is 2.17 bits per heavy atom. The Bertz CT molecular complexity index is 1240. The number of hydrogen-bond donors (Lipinski definition) is 1. The van der Waals surface area contributed by atoms with Gasteiger partial charge in [0.05, 0.1) is 0 Å². The summed E-state index contributed by atoms with van der Waals surface area (Å²) in [6.07, 6.45) is -5.19. The van der Waals surface area contributed by atoms with Crippen molar-refractivity contribution in [2.45, 2.75) is 33.9 Å². The summed E-state index contributed by atoms with van der Waals surface area (Å²) in [5, 5.41) is 8.78. The van der Waals surface area contributed by atoms with Crippen molar-refractivity contribution >= 4 is 22.6 Å². The van der Waals surface area contributed by atoms with Gasteiger partial charge < -0.3 is 9.90 Å².